The number of carbonyl (C=O) groups excluding carboxylic acids is 1. The number of anilines is 1. The number of aromatic nitrogens is 2. The van der Waals surface area contributed by atoms with Crippen LogP contribution < -0.4 is 10.2 Å². The second-order valence-electron chi connectivity index (χ2n) is 3.89. The Morgan fingerprint density at radius 1 is 1.53 bits per heavy atom. The average Bonchev–Trinajstić information content (AvgIpc) is 2.58. The van der Waals surface area contributed by atoms with Crippen LogP contribution in [-0.4, -0.2) is 22.6 Å². The molecule has 0 saturated heterocycles. The van der Waals surface area contributed by atoms with Crippen LogP contribution in [0.1, 0.15) is 25.6 Å². The van der Waals surface area contributed by atoms with Gasteiger partial charge in [-0.2, -0.15) is 0 Å². The summed E-state index contributed by atoms with van der Waals surface area (Å²) in [6, 6.07) is 0.0999. The Balaban J connectivity index is 2.58. The van der Waals surface area contributed by atoms with Crippen molar-refractivity contribution in [3.8, 4) is 0 Å². The lowest BCUT2D eigenvalue weighted by Gasteiger charge is -2.25. The normalized spacial score (nSPS) is 15.6. The van der Waals surface area contributed by atoms with Crippen molar-refractivity contribution in [2.45, 2.75) is 19.9 Å². The number of hydrogen-bond acceptors (Lipinski definition) is 2. The minimum absolute atomic E-state index is 0.193. The fourth-order valence-corrected chi connectivity index (χ4v) is 1.65. The monoisotopic (exact) mass is 206 g/mol. The van der Waals surface area contributed by atoms with Gasteiger partial charge in [0.25, 0.3) is 0 Å². The summed E-state index contributed by atoms with van der Waals surface area (Å²) in [7, 11) is 1.69. The Kier molecular flexibility index (Phi) is 2.03. The number of fused-ring (bicyclic) bond motifs is 1. The van der Waals surface area contributed by atoms with Crippen molar-refractivity contribution in [3.63, 3.8) is 0 Å². The van der Waals surface area contributed by atoms with E-state index in [1.54, 1.807) is 13.4 Å². The van der Waals surface area contributed by atoms with Gasteiger partial charge in [-0.25, -0.2) is 9.78 Å². The Morgan fingerprint density at radius 3 is 2.80 bits per heavy atom. The van der Waals surface area contributed by atoms with Crippen molar-refractivity contribution >= 4 is 17.5 Å². The number of nitrogens with one attached hydrogen (secondary N) is 1. The molecule has 1 aliphatic heterocycles. The number of amides is 2. The third kappa shape index (κ3) is 1.31. The highest BCUT2D eigenvalue weighted by Gasteiger charge is 2.28. The van der Waals surface area contributed by atoms with Gasteiger partial charge in [-0.15, -0.1) is 0 Å². The Morgan fingerprint density at radius 2 is 2.20 bits per heavy atom. The zero-order chi connectivity index (χ0) is 11.2. The van der Waals surface area contributed by atoms with Crippen LogP contribution in [0.5, 0.6) is 0 Å². The van der Waals surface area contributed by atoms with Crippen molar-refractivity contribution in [1.82, 2.24) is 14.9 Å². The Labute approximate surface area is 88.4 Å². The first kappa shape index (κ1) is 9.76. The highest BCUT2D eigenvalue weighted by atomic mass is 16.2. The quantitative estimate of drug-likeness (QED) is 0.758. The van der Waals surface area contributed by atoms with Crippen LogP contribution in [0.25, 0.3) is 5.70 Å². The largest absolute Gasteiger partial charge is 0.327 e. The SMILES string of the molecule is C=C1NC(=O)N(C)c2ncn(C(C)C)c21. The second kappa shape index (κ2) is 3.12. The average molecular weight is 206 g/mol. The molecule has 1 aromatic heterocycles. The summed E-state index contributed by atoms with van der Waals surface area (Å²) in [6.45, 7) is 7.96. The van der Waals surface area contributed by atoms with Gasteiger partial charge in [-0.1, -0.05) is 6.58 Å². The lowest BCUT2D eigenvalue weighted by molar-refractivity contribution is 0.250. The molecule has 2 amide bonds. The van der Waals surface area contributed by atoms with E-state index in [2.05, 4.69) is 30.7 Å². The maximum Gasteiger partial charge on any atom is 0.327 e. The van der Waals surface area contributed by atoms with E-state index >= 15 is 0 Å². The molecule has 5 nitrogen and oxygen atoms in total. The molecule has 1 aromatic rings. The molecule has 1 N–H and O–H groups in total. The Hall–Kier alpha value is -1.78. The molecule has 0 saturated carbocycles. The van der Waals surface area contributed by atoms with Crippen molar-refractivity contribution in [2.24, 2.45) is 0 Å². The van der Waals surface area contributed by atoms with Gasteiger partial charge in [0.2, 0.25) is 0 Å². The van der Waals surface area contributed by atoms with Gasteiger partial charge < -0.3 is 9.88 Å². The van der Waals surface area contributed by atoms with Crippen LogP contribution in [0.15, 0.2) is 12.9 Å². The third-order valence-electron chi connectivity index (χ3n) is 2.50. The number of urea groups is 1. The lowest BCUT2D eigenvalue weighted by Crippen LogP contribution is -2.41. The van der Waals surface area contributed by atoms with Gasteiger partial charge in [0.1, 0.15) is 5.69 Å². The smallest absolute Gasteiger partial charge is 0.325 e. The highest BCUT2D eigenvalue weighted by molar-refractivity contribution is 6.02. The fourth-order valence-electron chi connectivity index (χ4n) is 1.65. The van der Waals surface area contributed by atoms with Crippen LogP contribution in [-0.2, 0) is 0 Å². The molecule has 0 unspecified atom stereocenters. The molecular weight excluding hydrogens is 192 g/mol. The molecule has 0 aliphatic carbocycles. The topological polar surface area (TPSA) is 50.2 Å². The zero-order valence-corrected chi connectivity index (χ0v) is 9.11. The van der Waals surface area contributed by atoms with Crippen molar-refractivity contribution in [2.75, 3.05) is 11.9 Å². The summed E-state index contributed by atoms with van der Waals surface area (Å²) in [6.07, 6.45) is 1.73. The molecule has 15 heavy (non-hydrogen) atoms. The van der Waals surface area contributed by atoms with E-state index in [0.29, 0.717) is 17.6 Å². The maximum absolute atomic E-state index is 11.5. The molecule has 2 rings (SSSR count). The second-order valence-corrected chi connectivity index (χ2v) is 3.89. The molecule has 0 fully saturated rings. The lowest BCUT2D eigenvalue weighted by atomic mass is 10.2. The predicted octanol–water partition coefficient (Wildman–Crippen LogP) is 1.59. The van der Waals surface area contributed by atoms with Gasteiger partial charge in [-0.3, -0.25) is 4.90 Å². The molecule has 0 atom stereocenters. The van der Waals surface area contributed by atoms with Crippen LogP contribution in [0.4, 0.5) is 10.6 Å². The van der Waals surface area contributed by atoms with Gasteiger partial charge in [0.05, 0.1) is 12.0 Å². The van der Waals surface area contributed by atoms with E-state index in [1.807, 2.05) is 4.57 Å². The van der Waals surface area contributed by atoms with E-state index in [4.69, 9.17) is 0 Å². The molecule has 5 heteroatoms. The molecule has 1 aliphatic rings. The highest BCUT2D eigenvalue weighted by Crippen LogP contribution is 2.29. The van der Waals surface area contributed by atoms with Crippen LogP contribution in [0.3, 0.4) is 0 Å². The van der Waals surface area contributed by atoms with E-state index in [1.165, 1.54) is 4.90 Å². The van der Waals surface area contributed by atoms with Crippen molar-refractivity contribution < 1.29 is 4.79 Å². The summed E-state index contributed by atoms with van der Waals surface area (Å²) in [5.74, 6) is 0.664. The Bertz CT molecular complexity index is 433. The maximum atomic E-state index is 11.5. The number of imidazole rings is 1. The summed E-state index contributed by atoms with van der Waals surface area (Å²) in [4.78, 5) is 17.2. The van der Waals surface area contributed by atoms with E-state index < -0.39 is 0 Å². The minimum atomic E-state index is -0.193. The summed E-state index contributed by atoms with van der Waals surface area (Å²) in [5, 5.41) is 2.70. The first-order chi connectivity index (χ1) is 7.02. The fraction of sp³-hybridized carbons (Fsp3) is 0.400. The van der Waals surface area contributed by atoms with E-state index in [-0.39, 0.29) is 6.03 Å². The number of hydrogen-bond donors (Lipinski definition) is 1. The number of carbonyl (C=O) groups is 1. The zero-order valence-electron chi connectivity index (χ0n) is 9.11. The van der Waals surface area contributed by atoms with Crippen LogP contribution in [0.2, 0.25) is 0 Å². The molecule has 0 radical (unpaired) electrons. The third-order valence-corrected chi connectivity index (χ3v) is 2.50. The summed E-state index contributed by atoms with van der Waals surface area (Å²) in [5.41, 5.74) is 1.49. The summed E-state index contributed by atoms with van der Waals surface area (Å²) >= 11 is 0. The first-order valence-corrected chi connectivity index (χ1v) is 4.83. The van der Waals surface area contributed by atoms with Crippen molar-refractivity contribution in [3.05, 3.63) is 18.6 Å². The molecule has 2 heterocycles. The first-order valence-electron chi connectivity index (χ1n) is 4.83. The van der Waals surface area contributed by atoms with Crippen LogP contribution in [0, 0.1) is 0 Å². The number of rotatable bonds is 1. The van der Waals surface area contributed by atoms with E-state index in [9.17, 15) is 4.79 Å². The van der Waals surface area contributed by atoms with Crippen molar-refractivity contribution in [1.29, 1.82) is 0 Å². The molecular formula is C10H14N4O. The minimum Gasteiger partial charge on any atom is -0.325 e. The van der Waals surface area contributed by atoms with Gasteiger partial charge >= 0.3 is 6.03 Å². The van der Waals surface area contributed by atoms with Crippen LogP contribution >= 0.6 is 0 Å². The molecule has 0 aromatic carbocycles. The van der Waals surface area contributed by atoms with Gasteiger partial charge in [0, 0.05) is 13.1 Å². The standard InChI is InChI=1S/C10H14N4O/c1-6(2)14-5-11-9-8(14)7(3)12-10(15)13(9)4/h5-6H,3H2,1-2,4H3,(H,12,15). The summed E-state index contributed by atoms with van der Waals surface area (Å²) < 4.78 is 1.99. The van der Waals surface area contributed by atoms with Gasteiger partial charge in [0.15, 0.2) is 5.82 Å². The number of nitrogens with zero attached hydrogens (tertiary/aromatic N) is 3. The molecule has 0 spiro atoms. The predicted molar refractivity (Wildman–Crippen MR) is 58.6 cm³/mol. The molecule has 0 bridgehead atoms. The van der Waals surface area contributed by atoms with Gasteiger partial charge in [-0.05, 0) is 13.8 Å². The molecule has 80 valence electrons. The van der Waals surface area contributed by atoms with E-state index in [0.717, 1.165) is 5.69 Å².